The molecule has 1 aromatic heterocycles. The van der Waals surface area contributed by atoms with Gasteiger partial charge in [0.25, 0.3) is 10.0 Å². The lowest BCUT2D eigenvalue weighted by molar-refractivity contribution is -0.253. The quantitative estimate of drug-likeness (QED) is 0.658. The summed E-state index contributed by atoms with van der Waals surface area (Å²) in [5.74, 6) is -0.556. The van der Waals surface area contributed by atoms with Crippen molar-refractivity contribution in [1.82, 2.24) is 0 Å². The predicted octanol–water partition coefficient (Wildman–Crippen LogP) is 5.09. The van der Waals surface area contributed by atoms with E-state index in [1.54, 1.807) is 0 Å². The maximum absolute atomic E-state index is 12.8. The first-order chi connectivity index (χ1) is 11.0. The Bertz CT molecular complexity index is 825. The molecule has 4 nitrogen and oxygen atoms in total. The van der Waals surface area contributed by atoms with E-state index in [1.807, 2.05) is 0 Å². The van der Waals surface area contributed by atoms with Gasteiger partial charge in [-0.2, -0.15) is 17.6 Å². The molecule has 0 unspecified atom stereocenters. The highest BCUT2D eigenvalue weighted by Crippen LogP contribution is 2.35. The van der Waals surface area contributed by atoms with Gasteiger partial charge in [0.15, 0.2) is 0 Å². The average molecular weight is 424 g/mol. The number of alkyl halides is 4. The smallest absolute Gasteiger partial charge is 0.428 e. The van der Waals surface area contributed by atoms with Crippen molar-refractivity contribution in [3.8, 4) is 5.75 Å². The molecule has 132 valence electrons. The largest absolute Gasteiger partial charge is 0.461 e. The summed E-state index contributed by atoms with van der Waals surface area (Å²) in [4.78, 5) is -0.247. The van der Waals surface area contributed by atoms with Crippen LogP contribution in [-0.2, 0) is 10.0 Å². The molecule has 0 saturated carbocycles. The minimum absolute atomic E-state index is 0.0129. The number of hydrogen-bond donors (Lipinski definition) is 1. The molecular weight excluding hydrogens is 417 g/mol. The maximum Gasteiger partial charge on any atom is 0.461 e. The Morgan fingerprint density at radius 3 is 2.21 bits per heavy atom. The van der Waals surface area contributed by atoms with Crippen LogP contribution in [0.4, 0.5) is 23.2 Å². The zero-order valence-corrected chi connectivity index (χ0v) is 14.4. The molecule has 1 heterocycles. The molecule has 0 fully saturated rings. The van der Waals surface area contributed by atoms with Gasteiger partial charge in [-0.05, 0) is 30.3 Å². The Morgan fingerprint density at radius 1 is 1.17 bits per heavy atom. The Labute approximate surface area is 148 Å². The highest BCUT2D eigenvalue weighted by molar-refractivity contribution is 7.93. The maximum atomic E-state index is 12.8. The highest BCUT2D eigenvalue weighted by atomic mass is 35.5. The third kappa shape index (κ3) is 4.44. The molecule has 2 rings (SSSR count). The average Bonchev–Trinajstić information content (AvgIpc) is 2.80. The van der Waals surface area contributed by atoms with Crippen molar-refractivity contribution in [2.24, 2.45) is 0 Å². The van der Waals surface area contributed by atoms with Gasteiger partial charge in [0.05, 0.1) is 4.34 Å². The van der Waals surface area contributed by atoms with Crippen molar-refractivity contribution in [2.75, 3.05) is 4.72 Å². The number of nitrogens with one attached hydrogen (secondary N) is 1. The lowest BCUT2D eigenvalue weighted by Gasteiger charge is -2.17. The fourth-order valence-corrected chi connectivity index (χ4v) is 4.72. The fourth-order valence-electron chi connectivity index (χ4n) is 1.51. The Hall–Kier alpha value is -1.23. The van der Waals surface area contributed by atoms with Crippen molar-refractivity contribution < 1.29 is 30.7 Å². The van der Waals surface area contributed by atoms with Crippen LogP contribution in [0, 0.1) is 0 Å². The molecule has 0 aliphatic carbocycles. The molecule has 0 saturated heterocycles. The molecule has 24 heavy (non-hydrogen) atoms. The molecule has 0 atom stereocenters. The molecule has 12 heteroatoms. The minimum atomic E-state index is -4.65. The van der Waals surface area contributed by atoms with E-state index >= 15 is 0 Å². The van der Waals surface area contributed by atoms with Gasteiger partial charge in [-0.25, -0.2) is 8.42 Å². The number of sulfonamides is 1. The summed E-state index contributed by atoms with van der Waals surface area (Å²) in [6.07, 6.45) is -8.65. The zero-order chi connectivity index (χ0) is 18.1. The number of halogens is 6. The molecule has 0 aliphatic heterocycles. The second-order valence-electron chi connectivity index (χ2n) is 4.28. The Balaban J connectivity index is 2.16. The number of rotatable bonds is 6. The van der Waals surface area contributed by atoms with Gasteiger partial charge < -0.3 is 4.74 Å². The summed E-state index contributed by atoms with van der Waals surface area (Å²) < 4.78 is 80.0. The van der Waals surface area contributed by atoms with Gasteiger partial charge in [-0.15, -0.1) is 11.3 Å². The van der Waals surface area contributed by atoms with Crippen molar-refractivity contribution in [1.29, 1.82) is 0 Å². The number of hydrogen-bond acceptors (Lipinski definition) is 4. The van der Waals surface area contributed by atoms with E-state index in [4.69, 9.17) is 23.2 Å². The predicted molar refractivity (Wildman–Crippen MR) is 83.2 cm³/mol. The van der Waals surface area contributed by atoms with E-state index in [9.17, 15) is 26.0 Å². The number of anilines is 1. The van der Waals surface area contributed by atoms with Crippen molar-refractivity contribution >= 4 is 50.2 Å². The highest BCUT2D eigenvalue weighted by Gasteiger charge is 2.43. The number of thiophene rings is 1. The van der Waals surface area contributed by atoms with Crippen LogP contribution in [0.2, 0.25) is 8.67 Å². The van der Waals surface area contributed by atoms with Crippen LogP contribution in [0.25, 0.3) is 0 Å². The SMILES string of the molecule is O=S(=O)(Nc1ccc(OC(F)(F)C(F)F)cc1)c1cc(Cl)sc1Cl. The molecule has 0 bridgehead atoms. The molecule has 1 aromatic carbocycles. The summed E-state index contributed by atoms with van der Waals surface area (Å²) >= 11 is 12.3. The molecular formula is C12H7Cl2F4NO3S2. The monoisotopic (exact) mass is 423 g/mol. The van der Waals surface area contributed by atoms with Gasteiger partial charge in [0, 0.05) is 5.69 Å². The number of ether oxygens (including phenoxy) is 1. The van der Waals surface area contributed by atoms with E-state index in [-0.39, 0.29) is 19.3 Å². The van der Waals surface area contributed by atoms with Crippen LogP contribution in [0.15, 0.2) is 35.2 Å². The van der Waals surface area contributed by atoms with Crippen LogP contribution in [0.3, 0.4) is 0 Å². The van der Waals surface area contributed by atoms with Crippen LogP contribution in [0.5, 0.6) is 5.75 Å². The third-order valence-electron chi connectivity index (χ3n) is 2.53. The first-order valence-corrected chi connectivity index (χ1v) is 8.99. The molecule has 1 N–H and O–H groups in total. The number of benzene rings is 1. The van der Waals surface area contributed by atoms with Crippen molar-refractivity contribution in [2.45, 2.75) is 17.4 Å². The van der Waals surface area contributed by atoms with Crippen molar-refractivity contribution in [3.05, 3.63) is 39.0 Å². The van der Waals surface area contributed by atoms with E-state index in [0.717, 1.165) is 41.7 Å². The normalized spacial score (nSPS) is 12.5. The molecule has 0 radical (unpaired) electrons. The second-order valence-corrected chi connectivity index (χ2v) is 8.22. The summed E-state index contributed by atoms with van der Waals surface area (Å²) in [7, 11) is -4.05. The molecule has 0 amide bonds. The molecule has 0 spiro atoms. The molecule has 2 aromatic rings. The van der Waals surface area contributed by atoms with Gasteiger partial charge in [-0.3, -0.25) is 4.72 Å². The van der Waals surface area contributed by atoms with Gasteiger partial charge in [0.2, 0.25) is 0 Å². The Kier molecular flexibility index (Phi) is 5.53. The first kappa shape index (κ1) is 19.1. The van der Waals surface area contributed by atoms with Crippen LogP contribution in [0.1, 0.15) is 0 Å². The van der Waals surface area contributed by atoms with Gasteiger partial charge in [-0.1, -0.05) is 23.2 Å². The summed E-state index contributed by atoms with van der Waals surface area (Å²) in [6.45, 7) is 0. The Morgan fingerprint density at radius 2 is 1.75 bits per heavy atom. The fraction of sp³-hybridized carbons (Fsp3) is 0.167. The van der Waals surface area contributed by atoms with Crippen molar-refractivity contribution in [3.63, 3.8) is 0 Å². The van der Waals surface area contributed by atoms with E-state index in [1.165, 1.54) is 0 Å². The van der Waals surface area contributed by atoms with Crippen LogP contribution < -0.4 is 9.46 Å². The van der Waals surface area contributed by atoms with Crippen LogP contribution in [-0.4, -0.2) is 21.0 Å². The van der Waals surface area contributed by atoms with E-state index < -0.39 is 28.3 Å². The van der Waals surface area contributed by atoms with Gasteiger partial charge >= 0.3 is 12.5 Å². The summed E-state index contributed by atoms with van der Waals surface area (Å²) in [6, 6.07) is 5.11. The first-order valence-electron chi connectivity index (χ1n) is 5.94. The lowest BCUT2D eigenvalue weighted by atomic mass is 10.3. The van der Waals surface area contributed by atoms with Crippen LogP contribution >= 0.6 is 34.5 Å². The standard InChI is InChI=1S/C12H7Cl2F4NO3S2/c13-9-5-8(10(14)23-9)24(20,21)19-6-1-3-7(4-2-6)22-12(17,18)11(15)16/h1-5,11,19H. The third-order valence-corrected chi connectivity index (χ3v) is 5.66. The van der Waals surface area contributed by atoms with E-state index in [2.05, 4.69) is 9.46 Å². The zero-order valence-electron chi connectivity index (χ0n) is 11.3. The summed E-state index contributed by atoms with van der Waals surface area (Å²) in [5.41, 5.74) is -0.0129. The molecule has 0 aliphatic rings. The summed E-state index contributed by atoms with van der Waals surface area (Å²) in [5, 5.41) is 0. The topological polar surface area (TPSA) is 55.4 Å². The second kappa shape index (κ2) is 6.95. The van der Waals surface area contributed by atoms with Gasteiger partial charge in [0.1, 0.15) is 15.0 Å². The minimum Gasteiger partial charge on any atom is -0.428 e. The lowest BCUT2D eigenvalue weighted by Crippen LogP contribution is -2.33. The van der Waals surface area contributed by atoms with E-state index in [0.29, 0.717) is 0 Å².